The molecule has 0 saturated heterocycles. The van der Waals surface area contributed by atoms with E-state index >= 15 is 0 Å². The molecule has 2 aromatic carbocycles. The molecule has 0 aromatic heterocycles. The van der Waals surface area contributed by atoms with Gasteiger partial charge in [0.15, 0.2) is 17.4 Å². The number of carbonyl (C=O) groups is 1. The van der Waals surface area contributed by atoms with Crippen molar-refractivity contribution in [3.63, 3.8) is 0 Å². The maximum absolute atomic E-state index is 13.8. The first-order valence-electron chi connectivity index (χ1n) is 6.42. The second-order valence-electron chi connectivity index (χ2n) is 4.74. The Balaban J connectivity index is 1.99. The van der Waals surface area contributed by atoms with Crippen LogP contribution in [0.15, 0.2) is 36.4 Å². The number of hydrogen-bond donors (Lipinski definition) is 0. The molecule has 1 heterocycles. The third kappa shape index (κ3) is 2.35. The number of carbonyl (C=O) groups excluding carboxylic acids is 1. The van der Waals surface area contributed by atoms with Crippen LogP contribution in [0.3, 0.4) is 0 Å². The average molecular weight is 290 g/mol. The van der Waals surface area contributed by atoms with Crippen LogP contribution in [-0.2, 0) is 0 Å². The van der Waals surface area contributed by atoms with Gasteiger partial charge in [0.25, 0.3) is 0 Å². The summed E-state index contributed by atoms with van der Waals surface area (Å²) in [5.41, 5.74) is 0.437. The van der Waals surface area contributed by atoms with Crippen LogP contribution in [0.2, 0.25) is 0 Å². The minimum Gasteiger partial charge on any atom is -0.497 e. The SMILES string of the molecule is COc1ccc2c(c1)C(=O)CC(c1cccc(F)c1F)O2. The molecular formula is C16H12F2O3. The van der Waals surface area contributed by atoms with E-state index in [2.05, 4.69) is 0 Å². The van der Waals surface area contributed by atoms with Gasteiger partial charge in [-0.25, -0.2) is 8.78 Å². The fourth-order valence-electron chi connectivity index (χ4n) is 2.37. The van der Waals surface area contributed by atoms with Crippen LogP contribution in [0.4, 0.5) is 8.78 Å². The van der Waals surface area contributed by atoms with Crippen molar-refractivity contribution in [2.45, 2.75) is 12.5 Å². The summed E-state index contributed by atoms with van der Waals surface area (Å²) in [5, 5.41) is 0. The summed E-state index contributed by atoms with van der Waals surface area (Å²) in [5.74, 6) is -1.23. The molecular weight excluding hydrogens is 278 g/mol. The molecule has 21 heavy (non-hydrogen) atoms. The molecule has 0 saturated carbocycles. The molecule has 0 amide bonds. The molecule has 1 aliphatic heterocycles. The Kier molecular flexibility index (Phi) is 3.33. The van der Waals surface area contributed by atoms with Crippen molar-refractivity contribution in [1.29, 1.82) is 0 Å². The van der Waals surface area contributed by atoms with Gasteiger partial charge in [-0.1, -0.05) is 12.1 Å². The maximum Gasteiger partial charge on any atom is 0.170 e. The van der Waals surface area contributed by atoms with E-state index in [1.54, 1.807) is 18.2 Å². The van der Waals surface area contributed by atoms with Crippen LogP contribution in [0, 0.1) is 11.6 Å². The molecule has 1 aliphatic rings. The van der Waals surface area contributed by atoms with Gasteiger partial charge in [-0.3, -0.25) is 4.79 Å². The number of ketones is 1. The zero-order valence-electron chi connectivity index (χ0n) is 11.2. The molecule has 3 rings (SSSR count). The molecule has 0 aliphatic carbocycles. The van der Waals surface area contributed by atoms with Crippen LogP contribution in [0.25, 0.3) is 0 Å². The Morgan fingerprint density at radius 1 is 1.24 bits per heavy atom. The molecule has 1 unspecified atom stereocenters. The number of fused-ring (bicyclic) bond motifs is 1. The highest BCUT2D eigenvalue weighted by Crippen LogP contribution is 2.37. The third-order valence-corrected chi connectivity index (χ3v) is 3.46. The number of rotatable bonds is 2. The van der Waals surface area contributed by atoms with Gasteiger partial charge in [0.05, 0.1) is 19.1 Å². The summed E-state index contributed by atoms with van der Waals surface area (Å²) < 4.78 is 37.8. The zero-order valence-corrected chi connectivity index (χ0v) is 11.2. The fourth-order valence-corrected chi connectivity index (χ4v) is 2.37. The van der Waals surface area contributed by atoms with E-state index in [0.717, 1.165) is 6.07 Å². The maximum atomic E-state index is 13.8. The first kappa shape index (κ1) is 13.5. The Bertz CT molecular complexity index is 713. The first-order chi connectivity index (χ1) is 10.1. The highest BCUT2D eigenvalue weighted by atomic mass is 19.2. The van der Waals surface area contributed by atoms with E-state index in [9.17, 15) is 13.6 Å². The highest BCUT2D eigenvalue weighted by Gasteiger charge is 2.30. The van der Waals surface area contributed by atoms with E-state index < -0.39 is 17.7 Å². The zero-order chi connectivity index (χ0) is 15.0. The number of benzene rings is 2. The number of methoxy groups -OCH3 is 1. The summed E-state index contributed by atoms with van der Waals surface area (Å²) in [4.78, 5) is 12.2. The van der Waals surface area contributed by atoms with Crippen LogP contribution in [-0.4, -0.2) is 12.9 Å². The second kappa shape index (κ2) is 5.16. The van der Waals surface area contributed by atoms with Crippen molar-refractivity contribution in [3.05, 3.63) is 59.2 Å². The topological polar surface area (TPSA) is 35.5 Å². The summed E-state index contributed by atoms with van der Waals surface area (Å²) >= 11 is 0. The second-order valence-corrected chi connectivity index (χ2v) is 4.74. The normalized spacial score (nSPS) is 17.1. The lowest BCUT2D eigenvalue weighted by Gasteiger charge is -2.26. The molecule has 108 valence electrons. The van der Waals surface area contributed by atoms with Gasteiger partial charge in [-0.15, -0.1) is 0 Å². The van der Waals surface area contributed by atoms with E-state index in [4.69, 9.17) is 9.47 Å². The summed E-state index contributed by atoms with van der Waals surface area (Å²) in [6.07, 6.45) is -0.866. The van der Waals surface area contributed by atoms with Gasteiger partial charge in [0.1, 0.15) is 17.6 Å². The minimum atomic E-state index is -0.979. The van der Waals surface area contributed by atoms with Crippen molar-refractivity contribution in [1.82, 2.24) is 0 Å². The Labute approximate surface area is 120 Å². The number of Topliss-reactive ketones (excluding diaryl/α,β-unsaturated/α-hetero) is 1. The monoisotopic (exact) mass is 290 g/mol. The van der Waals surface area contributed by atoms with Gasteiger partial charge < -0.3 is 9.47 Å². The molecule has 1 atom stereocenters. The van der Waals surface area contributed by atoms with E-state index in [0.29, 0.717) is 17.1 Å². The smallest absolute Gasteiger partial charge is 0.170 e. The van der Waals surface area contributed by atoms with E-state index in [1.165, 1.54) is 19.2 Å². The van der Waals surface area contributed by atoms with Crippen LogP contribution in [0.5, 0.6) is 11.5 Å². The molecule has 2 aromatic rings. The van der Waals surface area contributed by atoms with Gasteiger partial charge in [-0.05, 0) is 24.3 Å². The number of halogens is 2. The van der Waals surface area contributed by atoms with Crippen LogP contribution in [0.1, 0.15) is 28.4 Å². The van der Waals surface area contributed by atoms with E-state index in [1.807, 2.05) is 0 Å². The largest absolute Gasteiger partial charge is 0.497 e. The first-order valence-corrected chi connectivity index (χ1v) is 6.42. The van der Waals surface area contributed by atoms with Gasteiger partial charge in [0, 0.05) is 5.56 Å². The summed E-state index contributed by atoms with van der Waals surface area (Å²) in [6, 6.07) is 8.67. The molecule has 0 radical (unpaired) electrons. The van der Waals surface area contributed by atoms with Gasteiger partial charge in [0.2, 0.25) is 0 Å². The third-order valence-electron chi connectivity index (χ3n) is 3.46. The molecule has 0 bridgehead atoms. The lowest BCUT2D eigenvalue weighted by Crippen LogP contribution is -2.21. The van der Waals surface area contributed by atoms with Crippen LogP contribution >= 0.6 is 0 Å². The van der Waals surface area contributed by atoms with Gasteiger partial charge in [-0.2, -0.15) is 0 Å². The Morgan fingerprint density at radius 3 is 2.81 bits per heavy atom. The van der Waals surface area contributed by atoms with Crippen LogP contribution < -0.4 is 9.47 Å². The Hall–Kier alpha value is -2.43. The van der Waals surface area contributed by atoms with Crippen molar-refractivity contribution < 1.29 is 23.0 Å². The predicted molar refractivity (Wildman–Crippen MR) is 71.7 cm³/mol. The lowest BCUT2D eigenvalue weighted by molar-refractivity contribution is 0.0844. The molecule has 3 nitrogen and oxygen atoms in total. The number of hydrogen-bond acceptors (Lipinski definition) is 3. The summed E-state index contributed by atoms with van der Waals surface area (Å²) in [6.45, 7) is 0. The molecule has 0 fully saturated rings. The van der Waals surface area contributed by atoms with Gasteiger partial charge >= 0.3 is 0 Å². The number of ether oxygens (including phenoxy) is 2. The molecule has 0 N–H and O–H groups in total. The van der Waals surface area contributed by atoms with Crippen molar-refractivity contribution in [2.24, 2.45) is 0 Å². The van der Waals surface area contributed by atoms with Crippen molar-refractivity contribution in [2.75, 3.05) is 7.11 Å². The predicted octanol–water partition coefficient (Wildman–Crippen LogP) is 3.68. The quantitative estimate of drug-likeness (QED) is 0.846. The fraction of sp³-hybridized carbons (Fsp3) is 0.188. The highest BCUT2D eigenvalue weighted by molar-refractivity contribution is 6.00. The summed E-state index contributed by atoms with van der Waals surface area (Å²) in [7, 11) is 1.50. The average Bonchev–Trinajstić information content (AvgIpc) is 2.49. The molecule has 0 spiro atoms. The van der Waals surface area contributed by atoms with E-state index in [-0.39, 0.29) is 17.8 Å². The standard InChI is InChI=1S/C16H12F2O3/c1-20-9-5-6-14-11(7-9)13(19)8-15(21-14)10-3-2-4-12(17)16(10)18/h2-7,15H,8H2,1H3. The molecule has 5 heteroatoms. The van der Waals surface area contributed by atoms with Crippen molar-refractivity contribution >= 4 is 5.78 Å². The van der Waals surface area contributed by atoms with Crippen molar-refractivity contribution in [3.8, 4) is 11.5 Å². The lowest BCUT2D eigenvalue weighted by atomic mass is 9.96. The minimum absolute atomic E-state index is 0.0411. The Morgan fingerprint density at radius 2 is 2.05 bits per heavy atom.